The highest BCUT2D eigenvalue weighted by atomic mass is 32.2. The van der Waals surface area contributed by atoms with E-state index in [-0.39, 0.29) is 11.2 Å². The molecular weight excluding hydrogens is 470 g/mol. The van der Waals surface area contributed by atoms with Crippen LogP contribution in [-0.2, 0) is 18.6 Å². The second-order valence-electron chi connectivity index (χ2n) is 8.19. The van der Waals surface area contributed by atoms with Gasteiger partial charge in [0, 0.05) is 22.8 Å². The minimum Gasteiger partial charge on any atom is -0.497 e. The van der Waals surface area contributed by atoms with E-state index in [1.54, 1.807) is 35.1 Å². The summed E-state index contributed by atoms with van der Waals surface area (Å²) in [7, 11) is 1.61. The summed E-state index contributed by atoms with van der Waals surface area (Å²) in [6.07, 6.45) is 5.31. The Bertz CT molecular complexity index is 1430. The van der Waals surface area contributed by atoms with Crippen molar-refractivity contribution in [3.8, 4) is 11.4 Å². The Kier molecular flexibility index (Phi) is 6.38. The molecule has 0 aliphatic heterocycles. The zero-order valence-electron chi connectivity index (χ0n) is 18.7. The number of non-ortho nitro benzene ring substituents is 1. The maximum Gasteiger partial charge on any atom is 0.269 e. The highest BCUT2D eigenvalue weighted by molar-refractivity contribution is 7.98. The van der Waals surface area contributed by atoms with Crippen LogP contribution in [0.3, 0.4) is 0 Å². The Balaban J connectivity index is 1.62. The average molecular weight is 494 g/mol. The number of nitro benzene ring substituents is 1. The molecule has 9 heteroatoms. The van der Waals surface area contributed by atoms with E-state index in [1.165, 1.54) is 29.1 Å². The molecule has 0 amide bonds. The molecule has 0 N–H and O–H groups in total. The molecule has 0 atom stereocenters. The number of nitrogens with zero attached hydrogens (tertiary/aromatic N) is 3. The predicted molar refractivity (Wildman–Crippen MR) is 136 cm³/mol. The smallest absolute Gasteiger partial charge is 0.269 e. The fourth-order valence-electron chi connectivity index (χ4n) is 4.33. The van der Waals surface area contributed by atoms with E-state index in [0.29, 0.717) is 16.7 Å². The van der Waals surface area contributed by atoms with Crippen LogP contribution in [0, 0.1) is 10.1 Å². The highest BCUT2D eigenvalue weighted by Gasteiger charge is 2.22. The van der Waals surface area contributed by atoms with Crippen molar-refractivity contribution in [2.75, 3.05) is 7.11 Å². The Labute approximate surface area is 204 Å². The standard InChI is InChI=1S/C25H23N3O4S2/c1-32-19-12-10-17(11-13-19)27-24(29)22-20-8-3-2-4-9-21(20)34-23(22)26-25(27)33-15-16-6-5-7-18(14-16)28(30)31/h5-7,10-14H,2-4,8-9,15H2,1H3. The fraction of sp³-hybridized carbons (Fsp3) is 0.280. The van der Waals surface area contributed by atoms with Gasteiger partial charge in [0.2, 0.25) is 0 Å². The number of hydrogen-bond acceptors (Lipinski definition) is 7. The van der Waals surface area contributed by atoms with Crippen LogP contribution in [0.2, 0.25) is 0 Å². The van der Waals surface area contributed by atoms with Gasteiger partial charge < -0.3 is 4.74 Å². The van der Waals surface area contributed by atoms with Gasteiger partial charge in [0.1, 0.15) is 10.6 Å². The van der Waals surface area contributed by atoms with Gasteiger partial charge in [-0.3, -0.25) is 19.5 Å². The van der Waals surface area contributed by atoms with Gasteiger partial charge in [-0.15, -0.1) is 11.3 Å². The van der Waals surface area contributed by atoms with Crippen molar-refractivity contribution in [3.05, 3.63) is 85.0 Å². The zero-order chi connectivity index (χ0) is 23.7. The fourth-order valence-corrected chi connectivity index (χ4v) is 6.58. The largest absolute Gasteiger partial charge is 0.497 e. The topological polar surface area (TPSA) is 87.3 Å². The second kappa shape index (κ2) is 9.60. The van der Waals surface area contributed by atoms with Crippen LogP contribution in [0.25, 0.3) is 15.9 Å². The van der Waals surface area contributed by atoms with E-state index >= 15 is 0 Å². The summed E-state index contributed by atoms with van der Waals surface area (Å²) in [6.45, 7) is 0. The number of nitro groups is 1. The van der Waals surface area contributed by atoms with Gasteiger partial charge in [-0.05, 0) is 61.1 Å². The van der Waals surface area contributed by atoms with Gasteiger partial charge >= 0.3 is 0 Å². The molecule has 174 valence electrons. The first-order chi connectivity index (χ1) is 16.5. The summed E-state index contributed by atoms with van der Waals surface area (Å²) >= 11 is 3.04. The number of aryl methyl sites for hydroxylation is 2. The van der Waals surface area contributed by atoms with Crippen molar-refractivity contribution < 1.29 is 9.66 Å². The lowest BCUT2D eigenvalue weighted by molar-refractivity contribution is -0.384. The van der Waals surface area contributed by atoms with Crippen LogP contribution < -0.4 is 10.3 Å². The molecule has 7 nitrogen and oxygen atoms in total. The molecule has 0 spiro atoms. The number of benzene rings is 2. The van der Waals surface area contributed by atoms with Crippen molar-refractivity contribution in [2.24, 2.45) is 0 Å². The molecule has 0 fully saturated rings. The summed E-state index contributed by atoms with van der Waals surface area (Å²) < 4.78 is 6.95. The molecule has 1 aliphatic carbocycles. The number of fused-ring (bicyclic) bond motifs is 3. The molecule has 34 heavy (non-hydrogen) atoms. The van der Waals surface area contributed by atoms with Crippen LogP contribution >= 0.6 is 23.1 Å². The Hall–Kier alpha value is -3.17. The van der Waals surface area contributed by atoms with E-state index in [2.05, 4.69) is 0 Å². The van der Waals surface area contributed by atoms with E-state index in [9.17, 15) is 14.9 Å². The number of thiophene rings is 1. The number of hydrogen-bond donors (Lipinski definition) is 0. The molecule has 2 heterocycles. The summed E-state index contributed by atoms with van der Waals surface area (Å²) in [5.41, 5.74) is 2.67. The molecule has 0 saturated heterocycles. The third-order valence-corrected chi connectivity index (χ3v) is 8.22. The maximum absolute atomic E-state index is 13.9. The first-order valence-electron chi connectivity index (χ1n) is 11.1. The van der Waals surface area contributed by atoms with Crippen LogP contribution in [0.15, 0.2) is 58.5 Å². The monoisotopic (exact) mass is 493 g/mol. The van der Waals surface area contributed by atoms with Crippen molar-refractivity contribution in [1.29, 1.82) is 0 Å². The molecule has 4 aromatic rings. The number of methoxy groups -OCH3 is 1. The van der Waals surface area contributed by atoms with Gasteiger partial charge in [0.15, 0.2) is 5.16 Å². The van der Waals surface area contributed by atoms with Crippen LogP contribution in [0.1, 0.15) is 35.3 Å². The minimum absolute atomic E-state index is 0.0519. The van der Waals surface area contributed by atoms with Crippen LogP contribution in [-0.4, -0.2) is 21.6 Å². The molecule has 1 aliphatic rings. The molecule has 2 aromatic carbocycles. The number of rotatable bonds is 6. The van der Waals surface area contributed by atoms with E-state index in [4.69, 9.17) is 9.72 Å². The van der Waals surface area contributed by atoms with Gasteiger partial charge in [-0.25, -0.2) is 4.98 Å². The second-order valence-corrected chi connectivity index (χ2v) is 10.2. The molecule has 0 unspecified atom stereocenters. The van der Waals surface area contributed by atoms with Crippen molar-refractivity contribution in [1.82, 2.24) is 9.55 Å². The zero-order valence-corrected chi connectivity index (χ0v) is 20.3. The Morgan fingerprint density at radius 2 is 1.94 bits per heavy atom. The molecule has 5 rings (SSSR count). The lowest BCUT2D eigenvalue weighted by Crippen LogP contribution is -2.22. The summed E-state index contributed by atoms with van der Waals surface area (Å²) in [6, 6.07) is 13.9. The molecule has 0 saturated carbocycles. The predicted octanol–water partition coefficient (Wildman–Crippen LogP) is 5.93. The average Bonchev–Trinajstić information content (AvgIpc) is 3.04. The van der Waals surface area contributed by atoms with E-state index in [0.717, 1.165) is 52.7 Å². The molecular formula is C25H23N3O4S2. The quantitative estimate of drug-likeness (QED) is 0.109. The summed E-state index contributed by atoms with van der Waals surface area (Å²) in [4.78, 5) is 31.7. The molecule has 2 aromatic heterocycles. The van der Waals surface area contributed by atoms with Crippen LogP contribution in [0.4, 0.5) is 5.69 Å². The highest BCUT2D eigenvalue weighted by Crippen LogP contribution is 2.35. The first-order valence-corrected chi connectivity index (χ1v) is 12.9. The van der Waals surface area contributed by atoms with Crippen LogP contribution in [0.5, 0.6) is 5.75 Å². The van der Waals surface area contributed by atoms with Gasteiger partial charge in [0.05, 0.1) is 23.1 Å². The first kappa shape index (κ1) is 22.6. The maximum atomic E-state index is 13.9. The van der Waals surface area contributed by atoms with Gasteiger partial charge in [0.25, 0.3) is 11.2 Å². The van der Waals surface area contributed by atoms with Crippen molar-refractivity contribution >= 4 is 39.0 Å². The Morgan fingerprint density at radius 1 is 1.15 bits per heavy atom. The SMILES string of the molecule is COc1ccc(-n2c(SCc3cccc([N+](=O)[O-])c3)nc3sc4c(c3c2=O)CCCCC4)cc1. The number of aromatic nitrogens is 2. The number of thioether (sulfide) groups is 1. The van der Waals surface area contributed by atoms with E-state index < -0.39 is 4.92 Å². The van der Waals surface area contributed by atoms with Crippen molar-refractivity contribution in [3.63, 3.8) is 0 Å². The lowest BCUT2D eigenvalue weighted by atomic mass is 10.1. The molecule has 0 radical (unpaired) electrons. The van der Waals surface area contributed by atoms with Gasteiger partial charge in [-0.1, -0.05) is 30.3 Å². The summed E-state index contributed by atoms with van der Waals surface area (Å²) in [5, 5.41) is 12.5. The third kappa shape index (κ3) is 4.33. The lowest BCUT2D eigenvalue weighted by Gasteiger charge is -2.13. The summed E-state index contributed by atoms with van der Waals surface area (Å²) in [5.74, 6) is 1.17. The normalized spacial score (nSPS) is 13.4. The van der Waals surface area contributed by atoms with Crippen molar-refractivity contribution in [2.45, 2.75) is 43.0 Å². The number of ether oxygens (including phenoxy) is 1. The van der Waals surface area contributed by atoms with Gasteiger partial charge in [-0.2, -0.15) is 0 Å². The van der Waals surface area contributed by atoms with E-state index in [1.807, 2.05) is 30.3 Å². The Morgan fingerprint density at radius 3 is 2.71 bits per heavy atom. The third-order valence-electron chi connectivity index (χ3n) is 6.03. The molecule has 0 bridgehead atoms. The minimum atomic E-state index is -0.398.